The predicted molar refractivity (Wildman–Crippen MR) is 57.9 cm³/mol. The lowest BCUT2D eigenvalue weighted by molar-refractivity contribution is -0.384. The zero-order chi connectivity index (χ0) is 12.1. The molecule has 16 heavy (non-hydrogen) atoms. The van der Waals surface area contributed by atoms with Crippen molar-refractivity contribution in [2.75, 3.05) is 18.4 Å². The van der Waals surface area contributed by atoms with Gasteiger partial charge in [-0.1, -0.05) is 0 Å². The van der Waals surface area contributed by atoms with Crippen molar-refractivity contribution in [1.82, 2.24) is 0 Å². The second kappa shape index (κ2) is 5.08. The molecule has 0 aromatic heterocycles. The van der Waals surface area contributed by atoms with Crippen LogP contribution in [0, 0.1) is 10.1 Å². The van der Waals surface area contributed by atoms with Crippen molar-refractivity contribution in [1.29, 1.82) is 0 Å². The number of anilines is 1. The minimum absolute atomic E-state index is 0.117. The third-order valence-corrected chi connectivity index (χ3v) is 1.97. The predicted octanol–water partition coefficient (Wildman–Crippen LogP) is -0.652. The number of amides is 1. The molecule has 0 atom stereocenters. The zero-order valence-corrected chi connectivity index (χ0v) is 8.60. The zero-order valence-electron chi connectivity index (χ0n) is 8.60. The maximum absolute atomic E-state index is 10.9. The number of primary amides is 1. The molecule has 0 saturated carbocycles. The first-order chi connectivity index (χ1) is 7.56. The van der Waals surface area contributed by atoms with Crippen LogP contribution >= 0.6 is 0 Å². The Morgan fingerprint density at radius 2 is 2.25 bits per heavy atom. The van der Waals surface area contributed by atoms with Crippen molar-refractivity contribution in [2.45, 2.75) is 0 Å². The monoisotopic (exact) mass is 225 g/mol. The van der Waals surface area contributed by atoms with Crippen LogP contribution in [0.2, 0.25) is 0 Å². The molecule has 1 aromatic carbocycles. The smallest absolute Gasteiger partial charge is 0.293 e. The van der Waals surface area contributed by atoms with E-state index in [1.165, 1.54) is 12.1 Å². The summed E-state index contributed by atoms with van der Waals surface area (Å²) in [6.07, 6.45) is 0. The average molecular weight is 225 g/mol. The minimum Gasteiger partial charge on any atom is -0.374 e. The summed E-state index contributed by atoms with van der Waals surface area (Å²) in [7, 11) is 0. The fourth-order valence-corrected chi connectivity index (χ4v) is 1.21. The van der Waals surface area contributed by atoms with Gasteiger partial charge >= 0.3 is 0 Å². The van der Waals surface area contributed by atoms with Crippen LogP contribution in [0.1, 0.15) is 10.4 Å². The Morgan fingerprint density at radius 3 is 2.75 bits per heavy atom. The summed E-state index contributed by atoms with van der Waals surface area (Å²) in [5.41, 5.74) is 8.97. The lowest BCUT2D eigenvalue weighted by Crippen LogP contribution is -2.53. The molecule has 7 heteroatoms. The summed E-state index contributed by atoms with van der Waals surface area (Å²) in [5.74, 6) is -0.688. The molecule has 0 saturated heterocycles. The molecule has 0 radical (unpaired) electrons. The fraction of sp³-hybridized carbons (Fsp3) is 0.222. The molecule has 7 nitrogen and oxygen atoms in total. The van der Waals surface area contributed by atoms with Crippen LogP contribution in [0.25, 0.3) is 0 Å². The standard InChI is InChI=1S/C9H12N4O3/c10-3-4-12-7-2-1-6(9(11)14)5-8(7)13(15)16/h1-2,5,12H,3-4,10H2,(H2,11,14)/p+1. The molecule has 0 aliphatic heterocycles. The number of quaternary nitrogens is 1. The first kappa shape index (κ1) is 11.9. The molecule has 1 amide bonds. The third kappa shape index (κ3) is 2.67. The third-order valence-electron chi connectivity index (χ3n) is 1.97. The molecule has 0 aliphatic carbocycles. The Hall–Kier alpha value is -2.15. The molecule has 6 N–H and O–H groups in total. The van der Waals surface area contributed by atoms with Gasteiger partial charge in [-0.15, -0.1) is 0 Å². The molecule has 0 unspecified atom stereocenters. The van der Waals surface area contributed by atoms with Crippen molar-refractivity contribution < 1.29 is 15.5 Å². The molecule has 0 bridgehead atoms. The van der Waals surface area contributed by atoms with Gasteiger partial charge in [-0.2, -0.15) is 0 Å². The van der Waals surface area contributed by atoms with Gasteiger partial charge in [-0.3, -0.25) is 14.9 Å². The second-order valence-electron chi connectivity index (χ2n) is 3.13. The fourth-order valence-electron chi connectivity index (χ4n) is 1.21. The highest BCUT2D eigenvalue weighted by molar-refractivity contribution is 5.94. The highest BCUT2D eigenvalue weighted by Crippen LogP contribution is 2.25. The van der Waals surface area contributed by atoms with Crippen LogP contribution in [0.3, 0.4) is 0 Å². The van der Waals surface area contributed by atoms with E-state index in [4.69, 9.17) is 5.73 Å². The summed E-state index contributed by atoms with van der Waals surface area (Å²) in [6.45, 7) is 1.13. The van der Waals surface area contributed by atoms with Crippen LogP contribution in [0.5, 0.6) is 0 Å². The number of rotatable bonds is 5. The molecule has 1 aromatic rings. The van der Waals surface area contributed by atoms with E-state index < -0.39 is 10.8 Å². The number of nitrogens with two attached hydrogens (primary N) is 1. The largest absolute Gasteiger partial charge is 0.374 e. The van der Waals surface area contributed by atoms with Gasteiger partial charge in [0, 0.05) is 11.6 Å². The summed E-state index contributed by atoms with van der Waals surface area (Å²) >= 11 is 0. The molecular weight excluding hydrogens is 212 g/mol. The Kier molecular flexibility index (Phi) is 3.78. The van der Waals surface area contributed by atoms with Crippen LogP contribution in [0.15, 0.2) is 18.2 Å². The van der Waals surface area contributed by atoms with E-state index in [-0.39, 0.29) is 11.3 Å². The normalized spacial score (nSPS) is 9.81. The summed E-state index contributed by atoms with van der Waals surface area (Å²) < 4.78 is 0. The van der Waals surface area contributed by atoms with E-state index >= 15 is 0 Å². The lowest BCUT2D eigenvalue weighted by atomic mass is 10.1. The topological polar surface area (TPSA) is 126 Å². The molecule has 0 heterocycles. The van der Waals surface area contributed by atoms with Crippen LogP contribution in [-0.4, -0.2) is 23.9 Å². The Morgan fingerprint density at radius 1 is 1.56 bits per heavy atom. The van der Waals surface area contributed by atoms with Gasteiger partial charge in [-0.05, 0) is 12.1 Å². The highest BCUT2D eigenvalue weighted by Gasteiger charge is 2.15. The van der Waals surface area contributed by atoms with E-state index in [0.717, 1.165) is 6.07 Å². The summed E-state index contributed by atoms with van der Waals surface area (Å²) in [6, 6.07) is 4.07. The van der Waals surface area contributed by atoms with E-state index in [0.29, 0.717) is 18.8 Å². The van der Waals surface area contributed by atoms with Gasteiger partial charge < -0.3 is 16.8 Å². The van der Waals surface area contributed by atoms with E-state index in [2.05, 4.69) is 11.1 Å². The molecule has 0 spiro atoms. The van der Waals surface area contributed by atoms with E-state index in [1.54, 1.807) is 0 Å². The second-order valence-corrected chi connectivity index (χ2v) is 3.13. The molecule has 0 fully saturated rings. The quantitative estimate of drug-likeness (QED) is 0.454. The maximum atomic E-state index is 10.9. The van der Waals surface area contributed by atoms with Crippen molar-refractivity contribution in [3.63, 3.8) is 0 Å². The van der Waals surface area contributed by atoms with Crippen molar-refractivity contribution in [2.24, 2.45) is 5.73 Å². The number of benzene rings is 1. The lowest BCUT2D eigenvalue weighted by Gasteiger charge is -2.05. The molecular formula is C9H13N4O3+. The SMILES string of the molecule is NC(=O)c1ccc(NCC[NH3+])c([N+](=O)[O-])c1. The number of nitro benzene ring substituents is 1. The van der Waals surface area contributed by atoms with Gasteiger partial charge in [0.15, 0.2) is 0 Å². The Bertz CT molecular complexity index is 419. The van der Waals surface area contributed by atoms with Crippen LogP contribution in [-0.2, 0) is 0 Å². The van der Waals surface area contributed by atoms with Crippen LogP contribution in [0.4, 0.5) is 11.4 Å². The summed E-state index contributed by atoms with van der Waals surface area (Å²) in [5, 5.41) is 13.6. The minimum atomic E-state index is -0.688. The van der Waals surface area contributed by atoms with Crippen molar-refractivity contribution in [3.05, 3.63) is 33.9 Å². The number of nitro groups is 1. The van der Waals surface area contributed by atoms with Gasteiger partial charge in [-0.25, -0.2) is 0 Å². The first-order valence-corrected chi connectivity index (χ1v) is 4.67. The van der Waals surface area contributed by atoms with E-state index in [1.807, 2.05) is 0 Å². The number of hydrogen-bond donors (Lipinski definition) is 3. The number of carbonyl (C=O) groups is 1. The van der Waals surface area contributed by atoms with Gasteiger partial charge in [0.1, 0.15) is 5.69 Å². The van der Waals surface area contributed by atoms with Crippen molar-refractivity contribution in [3.8, 4) is 0 Å². The number of carbonyl (C=O) groups excluding carboxylic acids is 1. The highest BCUT2D eigenvalue weighted by atomic mass is 16.6. The Balaban J connectivity index is 3.09. The molecule has 1 rings (SSSR count). The van der Waals surface area contributed by atoms with Gasteiger partial charge in [0.25, 0.3) is 5.69 Å². The molecule has 86 valence electrons. The van der Waals surface area contributed by atoms with E-state index in [9.17, 15) is 14.9 Å². The van der Waals surface area contributed by atoms with Gasteiger partial charge in [0.05, 0.1) is 18.0 Å². The Labute approximate surface area is 91.6 Å². The average Bonchev–Trinajstić information content (AvgIpc) is 2.25. The summed E-state index contributed by atoms with van der Waals surface area (Å²) in [4.78, 5) is 21.1. The first-order valence-electron chi connectivity index (χ1n) is 4.67. The van der Waals surface area contributed by atoms with Gasteiger partial charge in [0.2, 0.25) is 5.91 Å². The number of hydrogen-bond acceptors (Lipinski definition) is 4. The van der Waals surface area contributed by atoms with Crippen LogP contribution < -0.4 is 16.8 Å². The maximum Gasteiger partial charge on any atom is 0.293 e. The number of nitrogens with zero attached hydrogens (tertiary/aromatic N) is 1. The molecule has 0 aliphatic rings. The van der Waals surface area contributed by atoms with Crippen molar-refractivity contribution >= 4 is 17.3 Å². The number of nitrogens with one attached hydrogen (secondary N) is 1.